The maximum Gasteiger partial charge on any atom is 0.263 e. The summed E-state index contributed by atoms with van der Waals surface area (Å²) < 4.78 is 26.7. The van der Waals surface area contributed by atoms with Crippen LogP contribution in [0.3, 0.4) is 0 Å². The maximum atomic E-state index is 12.2. The van der Waals surface area contributed by atoms with Gasteiger partial charge in [0.2, 0.25) is 0 Å². The van der Waals surface area contributed by atoms with Gasteiger partial charge in [-0.15, -0.1) is 0 Å². The van der Waals surface area contributed by atoms with Gasteiger partial charge in [0, 0.05) is 11.8 Å². The fourth-order valence-electron chi connectivity index (χ4n) is 1.60. The number of nitrogens with zero attached hydrogens (tertiary/aromatic N) is 1. The topological polar surface area (TPSA) is 76.1 Å². The Labute approximate surface area is 121 Å². The lowest BCUT2D eigenvalue weighted by Crippen LogP contribution is -2.15. The van der Waals surface area contributed by atoms with E-state index in [1.54, 1.807) is 18.2 Å². The van der Waals surface area contributed by atoms with Gasteiger partial charge in [0.05, 0.1) is 5.69 Å². The molecule has 0 spiro atoms. The molecule has 0 saturated carbocycles. The van der Waals surface area contributed by atoms with Crippen molar-refractivity contribution in [3.8, 4) is 0 Å². The number of hydrogen-bond acceptors (Lipinski definition) is 4. The molecular weight excluding hydrogens is 300 g/mol. The van der Waals surface area contributed by atoms with Crippen LogP contribution in [0.1, 0.15) is 17.3 Å². The van der Waals surface area contributed by atoms with Crippen LogP contribution in [-0.4, -0.2) is 19.2 Å². The number of pyridine rings is 1. The van der Waals surface area contributed by atoms with Crippen molar-refractivity contribution >= 4 is 33.1 Å². The lowest BCUT2D eigenvalue weighted by Gasteiger charge is -2.10. The Morgan fingerprint density at radius 1 is 1.20 bits per heavy atom. The molecule has 0 saturated heterocycles. The number of carbonyl (C=O) groups excluding carboxylic acids is 1. The van der Waals surface area contributed by atoms with E-state index in [9.17, 15) is 13.2 Å². The van der Waals surface area contributed by atoms with Crippen LogP contribution in [0, 0.1) is 0 Å². The number of halogens is 1. The maximum absolute atomic E-state index is 12.2. The highest BCUT2D eigenvalue weighted by Crippen LogP contribution is 2.20. The van der Waals surface area contributed by atoms with Crippen LogP contribution in [0.25, 0.3) is 0 Å². The van der Waals surface area contributed by atoms with E-state index in [0.29, 0.717) is 5.56 Å². The smallest absolute Gasteiger partial charge is 0.263 e. The minimum Gasteiger partial charge on any atom is -0.294 e. The second-order valence-corrected chi connectivity index (χ2v) is 6.09. The molecule has 0 aliphatic heterocycles. The molecule has 0 bridgehead atoms. The van der Waals surface area contributed by atoms with Crippen LogP contribution in [0.4, 0.5) is 5.69 Å². The Morgan fingerprint density at radius 3 is 2.50 bits per heavy atom. The highest BCUT2D eigenvalue weighted by Gasteiger charge is 2.17. The van der Waals surface area contributed by atoms with E-state index < -0.39 is 10.0 Å². The highest BCUT2D eigenvalue weighted by atomic mass is 35.5. The Morgan fingerprint density at radius 2 is 1.90 bits per heavy atom. The van der Waals surface area contributed by atoms with Crippen molar-refractivity contribution in [3.05, 3.63) is 53.3 Å². The fraction of sp³-hybridized carbons (Fsp3) is 0.0769. The Kier molecular flexibility index (Phi) is 4.06. The molecule has 0 aliphatic rings. The molecule has 0 fully saturated rings. The lowest BCUT2D eigenvalue weighted by atomic mass is 10.1. The molecular formula is C13H11ClN2O3S. The Hall–Kier alpha value is -1.92. The number of Topliss-reactive ketones (excluding diaryl/α,β-unsaturated/α-hetero) is 1. The summed E-state index contributed by atoms with van der Waals surface area (Å²) >= 11 is 5.62. The van der Waals surface area contributed by atoms with Crippen molar-refractivity contribution in [2.45, 2.75) is 11.8 Å². The number of carbonyl (C=O) groups is 1. The molecule has 0 amide bonds. The summed E-state index contributed by atoms with van der Waals surface area (Å²) in [6.07, 6.45) is 1.15. The van der Waals surface area contributed by atoms with Crippen LogP contribution >= 0.6 is 11.6 Å². The molecule has 2 rings (SSSR count). The van der Waals surface area contributed by atoms with E-state index >= 15 is 0 Å². The first-order valence-corrected chi connectivity index (χ1v) is 7.50. The number of nitrogens with one attached hydrogen (secondary N) is 1. The first kappa shape index (κ1) is 14.5. The minimum absolute atomic E-state index is 0.0275. The van der Waals surface area contributed by atoms with E-state index in [2.05, 4.69) is 9.71 Å². The zero-order chi connectivity index (χ0) is 14.8. The largest absolute Gasteiger partial charge is 0.294 e. The van der Waals surface area contributed by atoms with Gasteiger partial charge in [-0.2, -0.15) is 0 Å². The summed E-state index contributed by atoms with van der Waals surface area (Å²) in [5.74, 6) is -0.225. The number of ketones is 1. The molecule has 0 radical (unpaired) electrons. The third-order valence-corrected chi connectivity index (χ3v) is 4.14. The zero-order valence-corrected chi connectivity index (χ0v) is 12.1. The van der Waals surface area contributed by atoms with Gasteiger partial charge in [-0.1, -0.05) is 23.7 Å². The minimum atomic E-state index is -3.81. The van der Waals surface area contributed by atoms with Gasteiger partial charge in [-0.3, -0.25) is 9.52 Å². The lowest BCUT2D eigenvalue weighted by molar-refractivity contribution is 0.101. The van der Waals surface area contributed by atoms with Gasteiger partial charge in [0.15, 0.2) is 5.78 Å². The fourth-order valence-corrected chi connectivity index (χ4v) is 2.74. The average Bonchev–Trinajstić information content (AvgIpc) is 2.39. The normalized spacial score (nSPS) is 11.1. The van der Waals surface area contributed by atoms with Crippen molar-refractivity contribution in [1.29, 1.82) is 0 Å². The summed E-state index contributed by atoms with van der Waals surface area (Å²) in [6, 6.07) is 9.11. The van der Waals surface area contributed by atoms with Gasteiger partial charge < -0.3 is 0 Å². The summed E-state index contributed by atoms with van der Waals surface area (Å²) in [5.41, 5.74) is 0.535. The second kappa shape index (κ2) is 5.60. The number of benzene rings is 1. The number of anilines is 1. The number of para-hydroxylation sites is 1. The van der Waals surface area contributed by atoms with Gasteiger partial charge in [-0.05, 0) is 31.2 Å². The number of aromatic nitrogens is 1. The molecule has 1 heterocycles. The molecule has 0 unspecified atom stereocenters. The van der Waals surface area contributed by atoms with Crippen LogP contribution in [-0.2, 0) is 10.0 Å². The SMILES string of the molecule is CC(=O)c1ccccc1NS(=O)(=O)c1ccc(Cl)nc1. The number of hydrogen-bond donors (Lipinski definition) is 1. The predicted molar refractivity (Wildman–Crippen MR) is 76.5 cm³/mol. The average molecular weight is 311 g/mol. The van der Waals surface area contributed by atoms with Crippen LogP contribution in [0.2, 0.25) is 5.15 Å². The quantitative estimate of drug-likeness (QED) is 0.696. The first-order valence-electron chi connectivity index (χ1n) is 5.64. The molecule has 0 atom stereocenters. The molecule has 5 nitrogen and oxygen atoms in total. The first-order chi connectivity index (χ1) is 9.40. The molecule has 2 aromatic rings. The van der Waals surface area contributed by atoms with E-state index in [1.807, 2.05) is 0 Å². The molecule has 20 heavy (non-hydrogen) atoms. The molecule has 0 aliphatic carbocycles. The zero-order valence-electron chi connectivity index (χ0n) is 10.5. The van der Waals surface area contributed by atoms with E-state index in [-0.39, 0.29) is 21.5 Å². The monoisotopic (exact) mass is 310 g/mol. The predicted octanol–water partition coefficient (Wildman–Crippen LogP) is 2.74. The summed E-state index contributed by atoms with van der Waals surface area (Å²) in [6.45, 7) is 1.37. The van der Waals surface area contributed by atoms with E-state index in [4.69, 9.17) is 11.6 Å². The van der Waals surface area contributed by atoms with Crippen molar-refractivity contribution in [2.24, 2.45) is 0 Å². The van der Waals surface area contributed by atoms with Gasteiger partial charge >= 0.3 is 0 Å². The standard InChI is InChI=1S/C13H11ClN2O3S/c1-9(17)11-4-2-3-5-12(11)16-20(18,19)10-6-7-13(14)15-8-10/h2-8,16H,1H3. The molecule has 104 valence electrons. The molecule has 1 aromatic carbocycles. The van der Waals surface area contributed by atoms with E-state index in [1.165, 1.54) is 25.1 Å². The summed E-state index contributed by atoms with van der Waals surface area (Å²) in [7, 11) is -3.81. The number of sulfonamides is 1. The summed E-state index contributed by atoms with van der Waals surface area (Å²) in [4.78, 5) is 15.2. The molecule has 1 N–H and O–H groups in total. The van der Waals surface area contributed by atoms with Crippen LogP contribution in [0.15, 0.2) is 47.5 Å². The van der Waals surface area contributed by atoms with Gasteiger partial charge in [0.25, 0.3) is 10.0 Å². The Bertz CT molecular complexity index is 742. The van der Waals surface area contributed by atoms with Crippen LogP contribution in [0.5, 0.6) is 0 Å². The Balaban J connectivity index is 2.38. The van der Waals surface area contributed by atoms with Crippen LogP contribution < -0.4 is 4.72 Å². The van der Waals surface area contributed by atoms with Gasteiger partial charge in [-0.25, -0.2) is 13.4 Å². The van der Waals surface area contributed by atoms with Crippen molar-refractivity contribution < 1.29 is 13.2 Å². The summed E-state index contributed by atoms with van der Waals surface area (Å²) in [5, 5.41) is 0.202. The van der Waals surface area contributed by atoms with Crippen molar-refractivity contribution in [3.63, 3.8) is 0 Å². The second-order valence-electron chi connectivity index (χ2n) is 4.02. The van der Waals surface area contributed by atoms with Crippen molar-refractivity contribution in [1.82, 2.24) is 4.98 Å². The third-order valence-electron chi connectivity index (χ3n) is 2.56. The molecule has 1 aromatic heterocycles. The number of rotatable bonds is 4. The van der Waals surface area contributed by atoms with Gasteiger partial charge in [0.1, 0.15) is 10.0 Å². The third kappa shape index (κ3) is 3.15. The highest BCUT2D eigenvalue weighted by molar-refractivity contribution is 7.92. The van der Waals surface area contributed by atoms with Crippen molar-refractivity contribution in [2.75, 3.05) is 4.72 Å². The van der Waals surface area contributed by atoms with E-state index in [0.717, 1.165) is 6.20 Å². The molecule has 7 heteroatoms.